The number of amides is 3. The lowest BCUT2D eigenvalue weighted by molar-refractivity contribution is -0.133. The third kappa shape index (κ3) is 3.47. The SMILES string of the molecule is O=C1N[C@@](Cc2ccccc2)(c2ccccc2)C(=O)N1CN1CCCCC1. The van der Waals surface area contributed by atoms with Gasteiger partial charge in [-0.3, -0.25) is 9.69 Å². The van der Waals surface area contributed by atoms with Crippen molar-refractivity contribution < 1.29 is 9.59 Å². The minimum absolute atomic E-state index is 0.159. The molecule has 0 spiro atoms. The summed E-state index contributed by atoms with van der Waals surface area (Å²) < 4.78 is 0. The summed E-state index contributed by atoms with van der Waals surface area (Å²) in [4.78, 5) is 29.9. The lowest BCUT2D eigenvalue weighted by atomic mass is 9.83. The van der Waals surface area contributed by atoms with Gasteiger partial charge in [0.1, 0.15) is 0 Å². The van der Waals surface area contributed by atoms with E-state index >= 15 is 0 Å². The van der Waals surface area contributed by atoms with Crippen LogP contribution in [-0.4, -0.2) is 41.5 Å². The number of imide groups is 1. The van der Waals surface area contributed by atoms with Crippen molar-refractivity contribution in [3.8, 4) is 0 Å². The van der Waals surface area contributed by atoms with Gasteiger partial charge in [0.15, 0.2) is 5.54 Å². The number of urea groups is 1. The Morgan fingerprint density at radius 1 is 0.852 bits per heavy atom. The number of rotatable bonds is 5. The second kappa shape index (κ2) is 7.53. The molecule has 0 saturated carbocycles. The summed E-state index contributed by atoms with van der Waals surface area (Å²) in [6, 6.07) is 19.2. The molecule has 2 fully saturated rings. The van der Waals surface area contributed by atoms with E-state index in [1.807, 2.05) is 60.7 Å². The van der Waals surface area contributed by atoms with E-state index in [4.69, 9.17) is 0 Å². The van der Waals surface area contributed by atoms with Crippen molar-refractivity contribution >= 4 is 11.9 Å². The van der Waals surface area contributed by atoms with Crippen molar-refractivity contribution in [3.05, 3.63) is 71.8 Å². The molecule has 1 N–H and O–H groups in total. The Labute approximate surface area is 160 Å². The largest absolute Gasteiger partial charge is 0.326 e. The second-order valence-electron chi connectivity index (χ2n) is 7.42. The van der Waals surface area contributed by atoms with Gasteiger partial charge in [0, 0.05) is 6.42 Å². The van der Waals surface area contributed by atoms with Crippen LogP contribution in [0, 0.1) is 0 Å². The first-order chi connectivity index (χ1) is 13.2. The van der Waals surface area contributed by atoms with E-state index in [0.717, 1.165) is 37.1 Å². The molecule has 2 heterocycles. The summed E-state index contributed by atoms with van der Waals surface area (Å²) in [5.74, 6) is -0.159. The Hall–Kier alpha value is -2.66. The summed E-state index contributed by atoms with van der Waals surface area (Å²) in [5.41, 5.74) is 0.804. The molecule has 4 rings (SSSR count). The van der Waals surface area contributed by atoms with Gasteiger partial charge in [0.05, 0.1) is 6.67 Å². The minimum atomic E-state index is -1.05. The van der Waals surface area contributed by atoms with Gasteiger partial charge in [-0.05, 0) is 37.1 Å². The average Bonchev–Trinajstić information content (AvgIpc) is 2.95. The molecule has 0 unspecified atom stereocenters. The van der Waals surface area contributed by atoms with Crippen LogP contribution in [0.4, 0.5) is 4.79 Å². The van der Waals surface area contributed by atoms with Gasteiger partial charge in [-0.25, -0.2) is 9.69 Å². The Morgan fingerprint density at radius 2 is 1.48 bits per heavy atom. The number of nitrogens with one attached hydrogen (secondary N) is 1. The van der Waals surface area contributed by atoms with Gasteiger partial charge in [-0.2, -0.15) is 0 Å². The number of hydrogen-bond acceptors (Lipinski definition) is 3. The van der Waals surface area contributed by atoms with E-state index in [9.17, 15) is 9.59 Å². The number of carbonyl (C=O) groups is 2. The number of carbonyl (C=O) groups excluding carboxylic acids is 2. The maximum absolute atomic E-state index is 13.5. The zero-order valence-electron chi connectivity index (χ0n) is 15.4. The Kier molecular flexibility index (Phi) is 4.94. The molecular formula is C22H25N3O2. The van der Waals surface area contributed by atoms with Crippen molar-refractivity contribution in [1.82, 2.24) is 15.1 Å². The van der Waals surface area contributed by atoms with Crippen LogP contribution in [0.3, 0.4) is 0 Å². The highest BCUT2D eigenvalue weighted by molar-refractivity contribution is 6.07. The lowest BCUT2D eigenvalue weighted by Gasteiger charge is -2.31. The van der Waals surface area contributed by atoms with Gasteiger partial charge in [0.25, 0.3) is 5.91 Å². The maximum Gasteiger partial charge on any atom is 0.326 e. The van der Waals surface area contributed by atoms with Crippen LogP contribution in [-0.2, 0) is 16.8 Å². The Balaban J connectivity index is 1.66. The smallest absolute Gasteiger partial charge is 0.319 e. The second-order valence-corrected chi connectivity index (χ2v) is 7.42. The molecule has 0 radical (unpaired) electrons. The Bertz CT molecular complexity index is 803. The van der Waals surface area contributed by atoms with E-state index in [2.05, 4.69) is 10.2 Å². The Morgan fingerprint density at radius 3 is 2.15 bits per heavy atom. The summed E-state index contributed by atoms with van der Waals surface area (Å²) in [6.45, 7) is 2.25. The lowest BCUT2D eigenvalue weighted by Crippen LogP contribution is -2.47. The van der Waals surface area contributed by atoms with Crippen molar-refractivity contribution in [2.45, 2.75) is 31.2 Å². The van der Waals surface area contributed by atoms with Crippen LogP contribution in [0.15, 0.2) is 60.7 Å². The van der Waals surface area contributed by atoms with Gasteiger partial charge < -0.3 is 5.32 Å². The summed E-state index contributed by atoms with van der Waals surface area (Å²) in [7, 11) is 0. The third-order valence-corrected chi connectivity index (χ3v) is 5.54. The van der Waals surface area contributed by atoms with Crippen molar-refractivity contribution in [2.75, 3.05) is 19.8 Å². The quantitative estimate of drug-likeness (QED) is 0.831. The molecular weight excluding hydrogens is 338 g/mol. The molecule has 5 heteroatoms. The van der Waals surface area contributed by atoms with Crippen molar-refractivity contribution in [2.24, 2.45) is 0 Å². The zero-order chi connectivity index (χ0) is 18.7. The van der Waals surface area contributed by atoms with Crippen LogP contribution in [0.5, 0.6) is 0 Å². The van der Waals surface area contributed by atoms with Crippen LogP contribution < -0.4 is 5.32 Å². The number of piperidine rings is 1. The number of benzene rings is 2. The van der Waals surface area contributed by atoms with Crippen LogP contribution in [0.2, 0.25) is 0 Å². The van der Waals surface area contributed by atoms with E-state index in [1.165, 1.54) is 11.3 Å². The molecule has 2 aliphatic heterocycles. The van der Waals surface area contributed by atoms with Gasteiger partial charge in [-0.15, -0.1) is 0 Å². The molecule has 3 amide bonds. The minimum Gasteiger partial charge on any atom is -0.319 e. The molecule has 140 valence electrons. The van der Waals surface area contributed by atoms with Crippen LogP contribution in [0.1, 0.15) is 30.4 Å². The van der Waals surface area contributed by atoms with E-state index < -0.39 is 5.54 Å². The normalized spacial score (nSPS) is 23.5. The van der Waals surface area contributed by atoms with Crippen molar-refractivity contribution in [3.63, 3.8) is 0 Å². The van der Waals surface area contributed by atoms with Gasteiger partial charge >= 0.3 is 6.03 Å². The van der Waals surface area contributed by atoms with Crippen molar-refractivity contribution in [1.29, 1.82) is 0 Å². The molecule has 0 aliphatic carbocycles. The van der Waals surface area contributed by atoms with Gasteiger partial charge in [-0.1, -0.05) is 67.1 Å². The molecule has 2 saturated heterocycles. The summed E-state index contributed by atoms with van der Waals surface area (Å²) in [6.07, 6.45) is 3.91. The predicted octanol–water partition coefficient (Wildman–Crippen LogP) is 3.12. The highest BCUT2D eigenvalue weighted by Gasteiger charge is 2.52. The number of nitrogens with zero attached hydrogens (tertiary/aromatic N) is 2. The summed E-state index contributed by atoms with van der Waals surface area (Å²) in [5, 5.41) is 3.03. The third-order valence-electron chi connectivity index (χ3n) is 5.54. The molecule has 2 aliphatic rings. The molecule has 5 nitrogen and oxygen atoms in total. The summed E-state index contributed by atoms with van der Waals surface area (Å²) >= 11 is 0. The van der Waals surface area contributed by atoms with Crippen LogP contribution in [0.25, 0.3) is 0 Å². The maximum atomic E-state index is 13.5. The molecule has 0 bridgehead atoms. The fourth-order valence-corrected chi connectivity index (χ4v) is 4.10. The molecule has 0 aromatic heterocycles. The van der Waals surface area contributed by atoms with Crippen LogP contribution >= 0.6 is 0 Å². The fraction of sp³-hybridized carbons (Fsp3) is 0.364. The number of hydrogen-bond donors (Lipinski definition) is 1. The first-order valence-electron chi connectivity index (χ1n) is 9.65. The fourth-order valence-electron chi connectivity index (χ4n) is 4.10. The van der Waals surface area contributed by atoms with E-state index in [-0.39, 0.29) is 11.9 Å². The molecule has 2 aromatic rings. The first kappa shape index (κ1) is 17.7. The molecule has 27 heavy (non-hydrogen) atoms. The highest BCUT2D eigenvalue weighted by Crippen LogP contribution is 2.33. The topological polar surface area (TPSA) is 52.7 Å². The number of likely N-dealkylation sites (tertiary alicyclic amines) is 1. The monoisotopic (exact) mass is 363 g/mol. The highest BCUT2D eigenvalue weighted by atomic mass is 16.2. The molecule has 1 atom stereocenters. The van der Waals surface area contributed by atoms with E-state index in [1.54, 1.807) is 0 Å². The standard InChI is InChI=1S/C22H25N3O2/c26-20-22(19-12-6-2-7-13-19,16-18-10-4-1-5-11-18)23-21(27)25(20)17-24-14-8-3-9-15-24/h1-2,4-7,10-13H,3,8-9,14-17H2,(H,23,27)/t22-/m0/s1. The average molecular weight is 363 g/mol. The first-order valence-corrected chi connectivity index (χ1v) is 9.65. The van der Waals surface area contributed by atoms with E-state index in [0.29, 0.717) is 13.1 Å². The zero-order valence-corrected chi connectivity index (χ0v) is 15.4. The van der Waals surface area contributed by atoms with Gasteiger partial charge in [0.2, 0.25) is 0 Å². The molecule has 2 aromatic carbocycles. The predicted molar refractivity (Wildman–Crippen MR) is 104 cm³/mol.